The van der Waals surface area contributed by atoms with Gasteiger partial charge in [0.25, 0.3) is 10.0 Å². The number of nitrogens with zero attached hydrogens (tertiary/aromatic N) is 4. The molecule has 7 nitrogen and oxygen atoms in total. The van der Waals surface area contributed by atoms with Gasteiger partial charge >= 0.3 is 6.18 Å². The van der Waals surface area contributed by atoms with Gasteiger partial charge in [-0.25, -0.2) is 23.5 Å². The topological polar surface area (TPSA) is 92.4 Å². The largest absolute Gasteiger partial charge is 0.418 e. The number of piperazine rings is 1. The van der Waals surface area contributed by atoms with E-state index in [1.807, 2.05) is 9.80 Å². The molecule has 1 aromatic carbocycles. The van der Waals surface area contributed by atoms with E-state index in [2.05, 4.69) is 9.97 Å². The standard InChI is InChI=1S/C21H19ClF3N5O2S/c22-17-5-2-1-4-14(17)15-12-19(27-13-16(15)21(23,24)25)30-10-8-29(9-11-30)18-6-3-7-20(28-18)33(26,31)32/h1-7,12-13H,8-11H2,(H2,26,31,32). The van der Waals surface area contributed by atoms with Crippen LogP contribution in [0.1, 0.15) is 5.56 Å². The highest BCUT2D eigenvalue weighted by molar-refractivity contribution is 7.89. The van der Waals surface area contributed by atoms with Gasteiger partial charge in [0.1, 0.15) is 11.6 Å². The van der Waals surface area contributed by atoms with Gasteiger partial charge in [-0.3, -0.25) is 0 Å². The van der Waals surface area contributed by atoms with Gasteiger partial charge in [-0.15, -0.1) is 0 Å². The molecule has 1 saturated heterocycles. The third-order valence-electron chi connectivity index (χ3n) is 5.29. The van der Waals surface area contributed by atoms with Gasteiger partial charge in [-0.1, -0.05) is 35.9 Å². The summed E-state index contributed by atoms with van der Waals surface area (Å²) in [6.45, 7) is 1.82. The summed E-state index contributed by atoms with van der Waals surface area (Å²) >= 11 is 6.18. The van der Waals surface area contributed by atoms with Crippen molar-refractivity contribution in [3.8, 4) is 11.1 Å². The third-order valence-corrected chi connectivity index (χ3v) is 6.43. The molecule has 0 unspecified atom stereocenters. The maximum absolute atomic E-state index is 13.6. The zero-order valence-corrected chi connectivity index (χ0v) is 18.7. The molecule has 1 fully saturated rings. The minimum absolute atomic E-state index is 0.0388. The molecule has 0 amide bonds. The summed E-state index contributed by atoms with van der Waals surface area (Å²) in [5, 5.41) is 5.14. The zero-order valence-electron chi connectivity index (χ0n) is 17.1. The molecule has 1 aliphatic heterocycles. The number of alkyl halides is 3. The Labute approximate surface area is 193 Å². The molecule has 12 heteroatoms. The van der Waals surface area contributed by atoms with Crippen molar-refractivity contribution in [3.05, 3.63) is 65.3 Å². The molecule has 2 N–H and O–H groups in total. The second-order valence-electron chi connectivity index (χ2n) is 7.42. The average molecular weight is 498 g/mol. The number of anilines is 2. The molecule has 174 valence electrons. The lowest BCUT2D eigenvalue weighted by Crippen LogP contribution is -2.47. The average Bonchev–Trinajstić information content (AvgIpc) is 2.78. The van der Waals surface area contributed by atoms with Gasteiger partial charge in [0, 0.05) is 48.5 Å². The quantitative estimate of drug-likeness (QED) is 0.589. The maximum Gasteiger partial charge on any atom is 0.418 e. The van der Waals surface area contributed by atoms with Crippen LogP contribution in [0, 0.1) is 0 Å². The van der Waals surface area contributed by atoms with Gasteiger partial charge in [0.15, 0.2) is 5.03 Å². The zero-order chi connectivity index (χ0) is 23.8. The third kappa shape index (κ3) is 5.05. The van der Waals surface area contributed by atoms with E-state index in [0.717, 1.165) is 6.20 Å². The predicted octanol–water partition coefficient (Wildman–Crippen LogP) is 3.79. The van der Waals surface area contributed by atoms with Gasteiger partial charge in [0.05, 0.1) is 5.56 Å². The van der Waals surface area contributed by atoms with Crippen LogP contribution in [0.3, 0.4) is 0 Å². The number of hydrogen-bond acceptors (Lipinski definition) is 6. The van der Waals surface area contributed by atoms with E-state index in [0.29, 0.717) is 37.8 Å². The van der Waals surface area contributed by atoms with Crippen LogP contribution in [-0.4, -0.2) is 44.6 Å². The molecule has 0 radical (unpaired) electrons. The lowest BCUT2D eigenvalue weighted by Gasteiger charge is -2.36. The van der Waals surface area contributed by atoms with Crippen LogP contribution in [-0.2, 0) is 16.2 Å². The molecular weight excluding hydrogens is 479 g/mol. The molecule has 4 rings (SSSR count). The summed E-state index contributed by atoms with van der Waals surface area (Å²) in [4.78, 5) is 11.9. The molecule has 33 heavy (non-hydrogen) atoms. The van der Waals surface area contributed by atoms with Crippen LogP contribution < -0.4 is 14.9 Å². The van der Waals surface area contributed by atoms with Gasteiger partial charge in [-0.2, -0.15) is 13.2 Å². The number of nitrogens with two attached hydrogens (primary N) is 1. The molecule has 3 aromatic rings. The molecule has 0 spiro atoms. The van der Waals surface area contributed by atoms with E-state index in [1.54, 1.807) is 36.4 Å². The smallest absolute Gasteiger partial charge is 0.353 e. The Morgan fingerprint density at radius 3 is 2.15 bits per heavy atom. The number of pyridine rings is 2. The number of halogens is 4. The minimum atomic E-state index is -4.58. The molecule has 0 atom stereocenters. The summed E-state index contributed by atoms with van der Waals surface area (Å²) in [7, 11) is -3.93. The van der Waals surface area contributed by atoms with Crippen molar-refractivity contribution < 1.29 is 21.6 Å². The van der Waals surface area contributed by atoms with Crippen LogP contribution in [0.5, 0.6) is 0 Å². The van der Waals surface area contributed by atoms with Crippen molar-refractivity contribution in [2.45, 2.75) is 11.2 Å². The van der Waals surface area contributed by atoms with Crippen LogP contribution in [0.15, 0.2) is 59.8 Å². The summed E-state index contributed by atoms with van der Waals surface area (Å²) in [6, 6.07) is 12.3. The monoisotopic (exact) mass is 497 g/mol. The van der Waals surface area contributed by atoms with E-state index >= 15 is 0 Å². The SMILES string of the molecule is NS(=O)(=O)c1cccc(N2CCN(c3cc(-c4ccccc4Cl)c(C(F)(F)F)cn3)CC2)n1. The van der Waals surface area contributed by atoms with Crippen molar-refractivity contribution in [1.82, 2.24) is 9.97 Å². The highest BCUT2D eigenvalue weighted by atomic mass is 35.5. The first-order valence-electron chi connectivity index (χ1n) is 9.86. The Kier molecular flexibility index (Phi) is 6.21. The van der Waals surface area contributed by atoms with Crippen molar-refractivity contribution in [1.29, 1.82) is 0 Å². The Bertz CT molecular complexity index is 1280. The van der Waals surface area contributed by atoms with E-state index in [1.165, 1.54) is 12.1 Å². The highest BCUT2D eigenvalue weighted by Crippen LogP contribution is 2.40. The number of aromatic nitrogens is 2. The fourth-order valence-electron chi connectivity index (χ4n) is 3.65. The lowest BCUT2D eigenvalue weighted by atomic mass is 10.0. The van der Waals surface area contributed by atoms with E-state index < -0.39 is 21.8 Å². The summed E-state index contributed by atoms with van der Waals surface area (Å²) < 4.78 is 64.0. The Morgan fingerprint density at radius 2 is 1.55 bits per heavy atom. The second kappa shape index (κ2) is 8.81. The molecular formula is C21H19ClF3N5O2S. The van der Waals surface area contributed by atoms with E-state index in [-0.39, 0.29) is 21.2 Å². The molecule has 0 bridgehead atoms. The van der Waals surface area contributed by atoms with Crippen LogP contribution in [0.2, 0.25) is 5.02 Å². The Morgan fingerprint density at radius 1 is 0.909 bits per heavy atom. The highest BCUT2D eigenvalue weighted by Gasteiger charge is 2.35. The number of hydrogen-bond donors (Lipinski definition) is 1. The molecule has 0 aliphatic carbocycles. The number of rotatable bonds is 4. The minimum Gasteiger partial charge on any atom is -0.353 e. The first-order chi connectivity index (χ1) is 15.5. The normalized spacial score (nSPS) is 15.1. The maximum atomic E-state index is 13.6. The summed E-state index contributed by atoms with van der Waals surface area (Å²) in [6.07, 6.45) is -3.75. The van der Waals surface area contributed by atoms with Gasteiger partial charge in [-0.05, 0) is 24.3 Å². The van der Waals surface area contributed by atoms with E-state index in [4.69, 9.17) is 16.7 Å². The molecule has 3 heterocycles. The van der Waals surface area contributed by atoms with Crippen LogP contribution in [0.25, 0.3) is 11.1 Å². The van der Waals surface area contributed by atoms with Gasteiger partial charge in [0.2, 0.25) is 0 Å². The summed E-state index contributed by atoms with van der Waals surface area (Å²) in [5.41, 5.74) is -0.622. The molecule has 0 saturated carbocycles. The van der Waals surface area contributed by atoms with Crippen molar-refractivity contribution in [3.63, 3.8) is 0 Å². The van der Waals surface area contributed by atoms with Crippen molar-refractivity contribution in [2.75, 3.05) is 36.0 Å². The number of primary sulfonamides is 1. The fourth-order valence-corrected chi connectivity index (χ4v) is 4.38. The van der Waals surface area contributed by atoms with Crippen molar-refractivity contribution >= 4 is 33.3 Å². The van der Waals surface area contributed by atoms with Crippen LogP contribution in [0.4, 0.5) is 24.8 Å². The van der Waals surface area contributed by atoms with Crippen LogP contribution >= 0.6 is 11.6 Å². The molecule has 1 aliphatic rings. The number of sulfonamides is 1. The van der Waals surface area contributed by atoms with Crippen molar-refractivity contribution in [2.24, 2.45) is 5.14 Å². The first kappa shape index (κ1) is 23.3. The van der Waals surface area contributed by atoms with E-state index in [9.17, 15) is 21.6 Å². The fraction of sp³-hybridized carbons (Fsp3) is 0.238. The van der Waals surface area contributed by atoms with Gasteiger partial charge < -0.3 is 9.80 Å². The predicted molar refractivity (Wildman–Crippen MR) is 120 cm³/mol. The summed E-state index contributed by atoms with van der Waals surface area (Å²) in [5.74, 6) is 0.849. The Balaban J connectivity index is 1.59. The number of benzene rings is 1. The lowest BCUT2D eigenvalue weighted by molar-refractivity contribution is -0.137. The molecule has 2 aromatic heterocycles. The second-order valence-corrected chi connectivity index (χ2v) is 9.33. The first-order valence-corrected chi connectivity index (χ1v) is 11.8. The Hall–Kier alpha value is -2.89.